The van der Waals surface area contributed by atoms with Crippen molar-refractivity contribution in [3.05, 3.63) is 63.6 Å². The van der Waals surface area contributed by atoms with Crippen LogP contribution in [0.3, 0.4) is 0 Å². The summed E-state index contributed by atoms with van der Waals surface area (Å²) in [5.74, 6) is 0.959. The lowest BCUT2D eigenvalue weighted by molar-refractivity contribution is 0.304. The lowest BCUT2D eigenvalue weighted by atomic mass is 9.86. The van der Waals surface area contributed by atoms with E-state index in [4.69, 9.17) is 4.74 Å². The number of halogens is 1. The summed E-state index contributed by atoms with van der Waals surface area (Å²) in [4.78, 5) is 0. The Kier molecular flexibility index (Phi) is 4.54. The van der Waals surface area contributed by atoms with E-state index in [0.29, 0.717) is 6.61 Å². The minimum Gasteiger partial charge on any atom is -0.489 e. The molecule has 2 heteroatoms. The minimum absolute atomic E-state index is 0.176. The van der Waals surface area contributed by atoms with Crippen LogP contribution < -0.4 is 4.74 Å². The van der Waals surface area contributed by atoms with Gasteiger partial charge in [-0.25, -0.2) is 0 Å². The largest absolute Gasteiger partial charge is 0.489 e. The molecule has 0 radical (unpaired) electrons. The molecular weight excluding hydrogens is 312 g/mol. The molecule has 0 saturated carbocycles. The summed E-state index contributed by atoms with van der Waals surface area (Å²) >= 11 is 3.44. The highest BCUT2D eigenvalue weighted by Gasteiger charge is 2.14. The molecule has 2 aromatic carbocycles. The Bertz CT molecular complexity index is 579. The van der Waals surface area contributed by atoms with Gasteiger partial charge in [-0.15, -0.1) is 0 Å². The standard InChI is InChI=1S/C18H21BrO/c1-13-11-15(18(2,3)4)7-10-17(13)20-12-14-5-8-16(19)9-6-14/h5-11H,12H2,1-4H3. The molecule has 0 fully saturated rings. The highest BCUT2D eigenvalue weighted by molar-refractivity contribution is 9.10. The van der Waals surface area contributed by atoms with E-state index in [9.17, 15) is 0 Å². The smallest absolute Gasteiger partial charge is 0.122 e. The predicted octanol–water partition coefficient (Wildman–Crippen LogP) is 5.63. The van der Waals surface area contributed by atoms with E-state index >= 15 is 0 Å². The van der Waals surface area contributed by atoms with E-state index in [-0.39, 0.29) is 5.41 Å². The second-order valence-corrected chi connectivity index (χ2v) is 7.06. The highest BCUT2D eigenvalue weighted by atomic mass is 79.9. The molecule has 1 nitrogen and oxygen atoms in total. The maximum Gasteiger partial charge on any atom is 0.122 e. The Morgan fingerprint density at radius 1 is 1.00 bits per heavy atom. The first kappa shape index (κ1) is 15.1. The first-order valence-electron chi connectivity index (χ1n) is 6.84. The Labute approximate surface area is 130 Å². The summed E-state index contributed by atoms with van der Waals surface area (Å²) in [5, 5.41) is 0. The van der Waals surface area contributed by atoms with Crippen molar-refractivity contribution in [3.63, 3.8) is 0 Å². The molecule has 0 unspecified atom stereocenters. The van der Waals surface area contributed by atoms with Gasteiger partial charge in [-0.1, -0.05) is 61.0 Å². The van der Waals surface area contributed by atoms with Gasteiger partial charge in [0, 0.05) is 4.47 Å². The Morgan fingerprint density at radius 3 is 2.20 bits per heavy atom. The van der Waals surface area contributed by atoms with Gasteiger partial charge >= 0.3 is 0 Å². The summed E-state index contributed by atoms with van der Waals surface area (Å²) in [6.07, 6.45) is 0. The first-order chi connectivity index (χ1) is 9.36. The molecule has 0 aromatic heterocycles. The summed E-state index contributed by atoms with van der Waals surface area (Å²) in [7, 11) is 0. The van der Waals surface area contributed by atoms with Crippen LogP contribution >= 0.6 is 15.9 Å². The van der Waals surface area contributed by atoms with E-state index in [1.807, 2.05) is 12.1 Å². The van der Waals surface area contributed by atoms with Crippen LogP contribution in [0, 0.1) is 6.92 Å². The predicted molar refractivity (Wildman–Crippen MR) is 88.4 cm³/mol. The molecule has 0 heterocycles. The van der Waals surface area contributed by atoms with Crippen LogP contribution in [0.4, 0.5) is 0 Å². The van der Waals surface area contributed by atoms with Crippen molar-refractivity contribution in [2.45, 2.75) is 39.7 Å². The number of hydrogen-bond donors (Lipinski definition) is 0. The normalized spacial score (nSPS) is 11.4. The second kappa shape index (κ2) is 6.01. The Balaban J connectivity index is 2.08. The van der Waals surface area contributed by atoms with Gasteiger partial charge in [-0.2, -0.15) is 0 Å². The molecule has 20 heavy (non-hydrogen) atoms. The zero-order valence-corrected chi connectivity index (χ0v) is 14.1. The van der Waals surface area contributed by atoms with Gasteiger partial charge in [0.15, 0.2) is 0 Å². The van der Waals surface area contributed by atoms with E-state index in [2.05, 4.69) is 74.0 Å². The third kappa shape index (κ3) is 3.86. The number of rotatable bonds is 3. The molecule has 0 N–H and O–H groups in total. The van der Waals surface area contributed by atoms with Crippen LogP contribution in [0.25, 0.3) is 0 Å². The third-order valence-corrected chi connectivity index (χ3v) is 3.88. The number of benzene rings is 2. The van der Waals surface area contributed by atoms with Crippen molar-refractivity contribution in [2.75, 3.05) is 0 Å². The molecule has 106 valence electrons. The van der Waals surface area contributed by atoms with Gasteiger partial charge in [0.2, 0.25) is 0 Å². The monoisotopic (exact) mass is 332 g/mol. The maximum atomic E-state index is 5.92. The van der Waals surface area contributed by atoms with E-state index < -0.39 is 0 Å². The van der Waals surface area contributed by atoms with Crippen LogP contribution in [0.15, 0.2) is 46.9 Å². The van der Waals surface area contributed by atoms with Crippen LogP contribution in [-0.2, 0) is 12.0 Å². The van der Waals surface area contributed by atoms with Crippen LogP contribution in [-0.4, -0.2) is 0 Å². The SMILES string of the molecule is Cc1cc(C(C)(C)C)ccc1OCc1ccc(Br)cc1. The molecule has 0 atom stereocenters. The molecule has 0 saturated heterocycles. The van der Waals surface area contributed by atoms with Crippen molar-refractivity contribution in [3.8, 4) is 5.75 Å². The number of hydrogen-bond acceptors (Lipinski definition) is 1. The molecule has 0 bridgehead atoms. The average molecular weight is 333 g/mol. The molecule has 2 rings (SSSR count). The van der Waals surface area contributed by atoms with Crippen LogP contribution in [0.2, 0.25) is 0 Å². The second-order valence-electron chi connectivity index (χ2n) is 6.15. The fraction of sp³-hybridized carbons (Fsp3) is 0.333. The fourth-order valence-electron chi connectivity index (χ4n) is 2.02. The highest BCUT2D eigenvalue weighted by Crippen LogP contribution is 2.28. The average Bonchev–Trinajstić information content (AvgIpc) is 2.38. The summed E-state index contributed by atoms with van der Waals surface area (Å²) in [5.41, 5.74) is 3.88. The molecular formula is C18H21BrO. The van der Waals surface area contributed by atoms with Crippen LogP contribution in [0.1, 0.15) is 37.5 Å². The zero-order chi connectivity index (χ0) is 14.8. The van der Waals surface area contributed by atoms with Crippen molar-refractivity contribution in [1.29, 1.82) is 0 Å². The quantitative estimate of drug-likeness (QED) is 0.707. The lowest BCUT2D eigenvalue weighted by Crippen LogP contribution is -2.11. The van der Waals surface area contributed by atoms with Crippen molar-refractivity contribution in [1.82, 2.24) is 0 Å². The molecule has 0 amide bonds. The maximum absolute atomic E-state index is 5.92. The van der Waals surface area contributed by atoms with E-state index in [1.165, 1.54) is 16.7 Å². The Morgan fingerprint density at radius 2 is 1.65 bits per heavy atom. The van der Waals surface area contributed by atoms with Crippen molar-refractivity contribution in [2.24, 2.45) is 0 Å². The van der Waals surface area contributed by atoms with Gasteiger partial charge in [0.25, 0.3) is 0 Å². The minimum atomic E-state index is 0.176. The van der Waals surface area contributed by atoms with E-state index in [1.54, 1.807) is 0 Å². The molecule has 2 aromatic rings. The van der Waals surface area contributed by atoms with Crippen molar-refractivity contribution < 1.29 is 4.74 Å². The summed E-state index contributed by atoms with van der Waals surface area (Å²) in [6, 6.07) is 14.7. The topological polar surface area (TPSA) is 9.23 Å². The molecule has 0 aliphatic carbocycles. The number of aryl methyl sites for hydroxylation is 1. The van der Waals surface area contributed by atoms with Gasteiger partial charge in [-0.05, 0) is 47.2 Å². The van der Waals surface area contributed by atoms with E-state index in [0.717, 1.165) is 10.2 Å². The lowest BCUT2D eigenvalue weighted by Gasteiger charge is -2.20. The zero-order valence-electron chi connectivity index (χ0n) is 12.5. The third-order valence-electron chi connectivity index (χ3n) is 3.35. The molecule has 0 spiro atoms. The van der Waals surface area contributed by atoms with Gasteiger partial charge in [-0.3, -0.25) is 0 Å². The molecule has 0 aliphatic rings. The summed E-state index contributed by atoms with van der Waals surface area (Å²) in [6.45, 7) is 9.38. The first-order valence-corrected chi connectivity index (χ1v) is 7.64. The van der Waals surface area contributed by atoms with Gasteiger partial charge in [0.05, 0.1) is 0 Å². The molecule has 0 aliphatic heterocycles. The van der Waals surface area contributed by atoms with Gasteiger partial charge < -0.3 is 4.74 Å². The Hall–Kier alpha value is -1.28. The van der Waals surface area contributed by atoms with Crippen molar-refractivity contribution >= 4 is 15.9 Å². The summed E-state index contributed by atoms with van der Waals surface area (Å²) < 4.78 is 7.00. The number of ether oxygens (including phenoxy) is 1. The fourth-order valence-corrected chi connectivity index (χ4v) is 2.28. The van der Waals surface area contributed by atoms with Crippen LogP contribution in [0.5, 0.6) is 5.75 Å². The van der Waals surface area contributed by atoms with Gasteiger partial charge in [0.1, 0.15) is 12.4 Å².